The Morgan fingerprint density at radius 3 is 2.78 bits per heavy atom. The van der Waals surface area contributed by atoms with E-state index in [1.807, 2.05) is 0 Å². The van der Waals surface area contributed by atoms with Gasteiger partial charge in [0.05, 0.1) is 6.61 Å². The maximum absolute atomic E-state index is 6.23. The van der Waals surface area contributed by atoms with Crippen molar-refractivity contribution in [1.29, 1.82) is 0 Å². The second kappa shape index (κ2) is 7.10. The molecule has 0 saturated carbocycles. The van der Waals surface area contributed by atoms with Gasteiger partial charge in [-0.2, -0.15) is 0 Å². The average Bonchev–Trinajstić information content (AvgIpc) is 2.41. The molecular formula is C14H21ClN2O. The molecule has 0 unspecified atom stereocenters. The fourth-order valence-electron chi connectivity index (χ4n) is 2.24. The van der Waals surface area contributed by atoms with E-state index in [9.17, 15) is 0 Å². The molecule has 1 N–H and O–H groups in total. The number of halogens is 1. The van der Waals surface area contributed by atoms with Gasteiger partial charge in [-0.15, -0.1) is 0 Å². The van der Waals surface area contributed by atoms with Gasteiger partial charge in [-0.05, 0) is 23.6 Å². The molecule has 1 fully saturated rings. The second-order valence-electron chi connectivity index (χ2n) is 4.70. The Balaban J connectivity index is 1.87. The van der Waals surface area contributed by atoms with Gasteiger partial charge >= 0.3 is 0 Å². The van der Waals surface area contributed by atoms with Crippen molar-refractivity contribution in [2.24, 2.45) is 0 Å². The van der Waals surface area contributed by atoms with Crippen LogP contribution in [0.3, 0.4) is 0 Å². The monoisotopic (exact) mass is 268 g/mol. The van der Waals surface area contributed by atoms with E-state index >= 15 is 0 Å². The van der Waals surface area contributed by atoms with Crippen molar-refractivity contribution < 1.29 is 4.74 Å². The third-order valence-electron chi connectivity index (χ3n) is 3.34. The fraction of sp³-hybridized carbons (Fsp3) is 0.571. The van der Waals surface area contributed by atoms with Gasteiger partial charge in [-0.25, -0.2) is 0 Å². The summed E-state index contributed by atoms with van der Waals surface area (Å²) in [6, 6.07) is 6.29. The smallest absolute Gasteiger partial charge is 0.0727 e. The van der Waals surface area contributed by atoms with Gasteiger partial charge in [0.2, 0.25) is 0 Å². The number of nitrogens with zero attached hydrogens (tertiary/aromatic N) is 1. The first kappa shape index (κ1) is 13.8. The molecule has 0 atom stereocenters. The van der Waals surface area contributed by atoms with Crippen molar-refractivity contribution in [3.05, 3.63) is 34.3 Å². The van der Waals surface area contributed by atoms with Crippen LogP contribution in [0.15, 0.2) is 18.2 Å². The first-order chi connectivity index (χ1) is 8.79. The molecule has 1 aromatic rings. The highest BCUT2D eigenvalue weighted by atomic mass is 35.5. The number of nitrogens with one attached hydrogen (secondary N) is 1. The Morgan fingerprint density at radius 1 is 1.33 bits per heavy atom. The molecule has 3 nitrogen and oxygen atoms in total. The minimum absolute atomic E-state index is 0.580. The van der Waals surface area contributed by atoms with Crippen molar-refractivity contribution in [2.75, 3.05) is 39.8 Å². The fourth-order valence-corrected chi connectivity index (χ4v) is 2.50. The lowest BCUT2D eigenvalue weighted by Crippen LogP contribution is -2.44. The van der Waals surface area contributed by atoms with Crippen molar-refractivity contribution >= 4 is 11.6 Å². The molecule has 1 aromatic carbocycles. The molecule has 0 amide bonds. The standard InChI is InChI=1S/C14H21ClN2O/c1-18-11-13-3-2-12(10-14(13)15)4-7-17-8-5-16-6-9-17/h2-3,10,16H,4-9,11H2,1H3. The summed E-state index contributed by atoms with van der Waals surface area (Å²) < 4.78 is 5.10. The largest absolute Gasteiger partial charge is 0.380 e. The summed E-state index contributed by atoms with van der Waals surface area (Å²) in [6.45, 7) is 6.20. The van der Waals surface area contributed by atoms with Crippen LogP contribution in [0.4, 0.5) is 0 Å². The number of methoxy groups -OCH3 is 1. The molecule has 1 saturated heterocycles. The summed E-state index contributed by atoms with van der Waals surface area (Å²) in [5.74, 6) is 0. The molecule has 100 valence electrons. The number of ether oxygens (including phenoxy) is 1. The molecular weight excluding hydrogens is 248 g/mol. The first-order valence-corrected chi connectivity index (χ1v) is 6.86. The summed E-state index contributed by atoms with van der Waals surface area (Å²) in [4.78, 5) is 2.49. The molecule has 0 spiro atoms. The average molecular weight is 269 g/mol. The van der Waals surface area contributed by atoms with Crippen LogP contribution in [0.1, 0.15) is 11.1 Å². The van der Waals surface area contributed by atoms with Crippen molar-refractivity contribution in [3.63, 3.8) is 0 Å². The number of hydrogen-bond donors (Lipinski definition) is 1. The molecule has 1 aliphatic heterocycles. The van der Waals surface area contributed by atoms with E-state index in [2.05, 4.69) is 28.4 Å². The zero-order valence-corrected chi connectivity index (χ0v) is 11.7. The number of hydrogen-bond acceptors (Lipinski definition) is 3. The molecule has 0 radical (unpaired) electrons. The molecule has 1 heterocycles. The summed E-state index contributed by atoms with van der Waals surface area (Å²) in [7, 11) is 1.69. The van der Waals surface area contributed by atoms with E-state index in [1.165, 1.54) is 5.56 Å². The SMILES string of the molecule is COCc1ccc(CCN2CCNCC2)cc1Cl. The van der Waals surface area contributed by atoms with E-state index in [0.717, 1.165) is 49.7 Å². The topological polar surface area (TPSA) is 24.5 Å². The Kier molecular flexibility index (Phi) is 5.45. The lowest BCUT2D eigenvalue weighted by Gasteiger charge is -2.27. The van der Waals surface area contributed by atoms with Crippen LogP contribution in [0.5, 0.6) is 0 Å². The zero-order chi connectivity index (χ0) is 12.8. The van der Waals surface area contributed by atoms with E-state index in [1.54, 1.807) is 7.11 Å². The van der Waals surface area contributed by atoms with E-state index in [4.69, 9.17) is 16.3 Å². The molecule has 0 aliphatic carbocycles. The molecule has 1 aliphatic rings. The van der Waals surface area contributed by atoms with Gasteiger partial charge < -0.3 is 15.0 Å². The normalized spacial score (nSPS) is 17.0. The van der Waals surface area contributed by atoms with Crippen LogP contribution in [0.25, 0.3) is 0 Å². The van der Waals surface area contributed by atoms with E-state index < -0.39 is 0 Å². The second-order valence-corrected chi connectivity index (χ2v) is 5.11. The van der Waals surface area contributed by atoms with Gasteiger partial charge in [0, 0.05) is 44.9 Å². The Bertz CT molecular complexity index is 378. The third kappa shape index (κ3) is 3.95. The Labute approximate surface area is 114 Å². The van der Waals surface area contributed by atoms with Crippen LogP contribution in [0.2, 0.25) is 5.02 Å². The summed E-state index contributed by atoms with van der Waals surface area (Å²) in [5.41, 5.74) is 2.36. The van der Waals surface area contributed by atoms with Crippen LogP contribution in [-0.2, 0) is 17.8 Å². The predicted octanol–water partition coefficient (Wildman–Crippen LogP) is 1.93. The molecule has 0 aromatic heterocycles. The maximum Gasteiger partial charge on any atom is 0.0727 e. The van der Waals surface area contributed by atoms with Crippen LogP contribution in [-0.4, -0.2) is 44.7 Å². The highest BCUT2D eigenvalue weighted by Crippen LogP contribution is 2.19. The van der Waals surface area contributed by atoms with Crippen molar-refractivity contribution in [1.82, 2.24) is 10.2 Å². The Morgan fingerprint density at radius 2 is 2.11 bits per heavy atom. The van der Waals surface area contributed by atoms with Gasteiger partial charge in [0.15, 0.2) is 0 Å². The maximum atomic E-state index is 6.23. The van der Waals surface area contributed by atoms with Gasteiger partial charge in [0.25, 0.3) is 0 Å². The van der Waals surface area contributed by atoms with Crippen LogP contribution in [0, 0.1) is 0 Å². The van der Waals surface area contributed by atoms with E-state index in [0.29, 0.717) is 6.61 Å². The van der Waals surface area contributed by atoms with Crippen molar-refractivity contribution in [3.8, 4) is 0 Å². The Hall–Kier alpha value is -0.610. The molecule has 18 heavy (non-hydrogen) atoms. The number of benzene rings is 1. The predicted molar refractivity (Wildman–Crippen MR) is 75.2 cm³/mol. The van der Waals surface area contributed by atoms with Crippen LogP contribution >= 0.6 is 11.6 Å². The summed E-state index contributed by atoms with van der Waals surface area (Å²) in [6.07, 6.45) is 1.06. The van der Waals surface area contributed by atoms with Crippen molar-refractivity contribution in [2.45, 2.75) is 13.0 Å². The van der Waals surface area contributed by atoms with Gasteiger partial charge in [0.1, 0.15) is 0 Å². The molecule has 4 heteroatoms. The minimum atomic E-state index is 0.580. The lowest BCUT2D eigenvalue weighted by molar-refractivity contribution is 0.185. The highest BCUT2D eigenvalue weighted by molar-refractivity contribution is 6.31. The third-order valence-corrected chi connectivity index (χ3v) is 3.70. The minimum Gasteiger partial charge on any atom is -0.380 e. The van der Waals surface area contributed by atoms with Gasteiger partial charge in [-0.1, -0.05) is 23.7 Å². The van der Waals surface area contributed by atoms with Gasteiger partial charge in [-0.3, -0.25) is 0 Å². The quantitative estimate of drug-likeness (QED) is 0.883. The highest BCUT2D eigenvalue weighted by Gasteiger charge is 2.09. The first-order valence-electron chi connectivity index (χ1n) is 6.49. The molecule has 0 bridgehead atoms. The lowest BCUT2D eigenvalue weighted by atomic mass is 10.1. The van der Waals surface area contributed by atoms with E-state index in [-0.39, 0.29) is 0 Å². The summed E-state index contributed by atoms with van der Waals surface area (Å²) >= 11 is 6.23. The van der Waals surface area contributed by atoms with Crippen LogP contribution < -0.4 is 5.32 Å². The summed E-state index contributed by atoms with van der Waals surface area (Å²) in [5, 5.41) is 4.18. The molecule has 2 rings (SSSR count). The zero-order valence-electron chi connectivity index (χ0n) is 10.9. The number of rotatable bonds is 5. The number of piperazine rings is 1.